The van der Waals surface area contributed by atoms with Crippen molar-refractivity contribution in [3.63, 3.8) is 0 Å². The van der Waals surface area contributed by atoms with Crippen LogP contribution in [0.5, 0.6) is 0 Å². The second kappa shape index (κ2) is 5.68. The molecule has 0 fully saturated rings. The van der Waals surface area contributed by atoms with Gasteiger partial charge in [0, 0.05) is 6.20 Å². The molecule has 1 rings (SSSR count). The summed E-state index contributed by atoms with van der Waals surface area (Å²) in [5, 5.41) is 8.80. The summed E-state index contributed by atoms with van der Waals surface area (Å²) >= 11 is 2.87. The summed E-state index contributed by atoms with van der Waals surface area (Å²) in [5.74, 6) is -0.693. The van der Waals surface area contributed by atoms with E-state index >= 15 is 0 Å². The Bertz CT molecular complexity index is 486. The molecule has 0 aromatic carbocycles. The molecule has 0 radical (unpaired) electrons. The van der Waals surface area contributed by atoms with Gasteiger partial charge in [0.1, 0.15) is 10.7 Å². The van der Waals surface area contributed by atoms with E-state index in [0.717, 1.165) is 13.3 Å². The second-order valence-corrected chi connectivity index (χ2v) is 3.77. The van der Waals surface area contributed by atoms with E-state index in [1.807, 2.05) is 0 Å². The molecule has 0 N–H and O–H groups in total. The Balaban J connectivity index is 3.36. The highest BCUT2D eigenvalue weighted by molar-refractivity contribution is 9.10. The second-order valence-electron chi connectivity index (χ2n) is 3.02. The Labute approximate surface area is 104 Å². The molecule has 0 aliphatic heterocycles. The molecular weight excluding hydrogens is 298 g/mol. The van der Waals surface area contributed by atoms with Crippen LogP contribution in [0.15, 0.2) is 10.8 Å². The van der Waals surface area contributed by atoms with E-state index in [2.05, 4.69) is 25.7 Å². The van der Waals surface area contributed by atoms with Gasteiger partial charge in [-0.1, -0.05) is 0 Å². The third-order valence-electron chi connectivity index (χ3n) is 2.07. The number of nitriles is 1. The van der Waals surface area contributed by atoms with Crippen LogP contribution in [-0.4, -0.2) is 18.1 Å². The van der Waals surface area contributed by atoms with Gasteiger partial charge in [-0.2, -0.15) is 5.26 Å². The largest absolute Gasteiger partial charge is 0.469 e. The zero-order chi connectivity index (χ0) is 13.0. The van der Waals surface area contributed by atoms with Gasteiger partial charge in [-0.3, -0.25) is 4.79 Å². The van der Waals surface area contributed by atoms with Crippen molar-refractivity contribution in [2.24, 2.45) is 0 Å². The maximum atomic E-state index is 12.8. The summed E-state index contributed by atoms with van der Waals surface area (Å²) in [6, 6.07) is 1.72. The van der Waals surface area contributed by atoms with Crippen molar-refractivity contribution in [2.45, 2.75) is 12.8 Å². The zero-order valence-corrected chi connectivity index (χ0v) is 10.3. The van der Waals surface area contributed by atoms with E-state index in [1.165, 1.54) is 0 Å². The summed E-state index contributed by atoms with van der Waals surface area (Å²) in [7, 11) is 1.15. The number of pyridine rings is 1. The first-order chi connectivity index (χ1) is 8.01. The number of halogens is 3. The van der Waals surface area contributed by atoms with Gasteiger partial charge < -0.3 is 4.74 Å². The van der Waals surface area contributed by atoms with Gasteiger partial charge in [0.05, 0.1) is 24.7 Å². The van der Waals surface area contributed by atoms with E-state index in [1.54, 1.807) is 6.07 Å². The third-order valence-corrected chi connectivity index (χ3v) is 2.70. The van der Waals surface area contributed by atoms with Crippen LogP contribution in [0.2, 0.25) is 0 Å². The average Bonchev–Trinajstić information content (AvgIpc) is 2.28. The van der Waals surface area contributed by atoms with Crippen molar-refractivity contribution < 1.29 is 18.3 Å². The smallest absolute Gasteiger partial charge is 0.310 e. The highest BCUT2D eigenvalue weighted by Gasteiger charge is 2.23. The van der Waals surface area contributed by atoms with Crippen LogP contribution >= 0.6 is 15.9 Å². The Morgan fingerprint density at radius 2 is 2.35 bits per heavy atom. The first kappa shape index (κ1) is 13.5. The first-order valence-corrected chi connectivity index (χ1v) is 5.22. The van der Waals surface area contributed by atoms with Crippen molar-refractivity contribution in [3.05, 3.63) is 27.5 Å². The lowest BCUT2D eigenvalue weighted by Gasteiger charge is -2.10. The van der Waals surface area contributed by atoms with Gasteiger partial charge in [0.15, 0.2) is 0 Å². The number of rotatable bonds is 3. The lowest BCUT2D eigenvalue weighted by atomic mass is 10.0. The zero-order valence-electron chi connectivity index (χ0n) is 8.71. The van der Waals surface area contributed by atoms with Crippen molar-refractivity contribution in [1.29, 1.82) is 5.26 Å². The molecule has 1 aromatic heterocycles. The molecule has 0 saturated carbocycles. The van der Waals surface area contributed by atoms with Gasteiger partial charge >= 0.3 is 5.97 Å². The molecule has 7 heteroatoms. The highest BCUT2D eigenvalue weighted by Crippen LogP contribution is 2.31. The molecule has 0 spiro atoms. The molecule has 0 saturated heterocycles. The fraction of sp³-hybridized carbons (Fsp3) is 0.300. The maximum absolute atomic E-state index is 12.8. The van der Waals surface area contributed by atoms with E-state index in [9.17, 15) is 13.6 Å². The number of carbonyl (C=O) groups is 1. The van der Waals surface area contributed by atoms with E-state index in [4.69, 9.17) is 5.26 Å². The maximum Gasteiger partial charge on any atom is 0.310 e. The third kappa shape index (κ3) is 2.97. The number of nitrogens with zero attached hydrogens (tertiary/aromatic N) is 2. The predicted octanol–water partition coefficient (Wildman–Crippen LogP) is 2.37. The normalized spacial score (nSPS) is 10.1. The topological polar surface area (TPSA) is 63.0 Å². The van der Waals surface area contributed by atoms with Gasteiger partial charge in [0.25, 0.3) is 6.43 Å². The predicted molar refractivity (Wildman–Crippen MR) is 57.3 cm³/mol. The Morgan fingerprint density at radius 3 is 2.82 bits per heavy atom. The minimum atomic E-state index is -2.83. The minimum Gasteiger partial charge on any atom is -0.469 e. The molecule has 0 atom stereocenters. The molecule has 17 heavy (non-hydrogen) atoms. The van der Waals surface area contributed by atoms with Crippen LogP contribution in [0.3, 0.4) is 0 Å². The lowest BCUT2D eigenvalue weighted by Crippen LogP contribution is -2.10. The summed E-state index contributed by atoms with van der Waals surface area (Å²) in [6.07, 6.45) is -2.08. The summed E-state index contributed by atoms with van der Waals surface area (Å²) in [4.78, 5) is 14.8. The summed E-state index contributed by atoms with van der Waals surface area (Å²) < 4.78 is 30.0. The highest BCUT2D eigenvalue weighted by atomic mass is 79.9. The van der Waals surface area contributed by atoms with Gasteiger partial charge in [-0.25, -0.2) is 13.8 Å². The number of carbonyl (C=O) groups excluding carboxylic acids is 1. The first-order valence-electron chi connectivity index (χ1n) is 4.43. The summed E-state index contributed by atoms with van der Waals surface area (Å²) in [5.41, 5.74) is -0.570. The van der Waals surface area contributed by atoms with Crippen LogP contribution in [0.1, 0.15) is 23.1 Å². The van der Waals surface area contributed by atoms with Gasteiger partial charge in [-0.05, 0) is 21.5 Å². The van der Waals surface area contributed by atoms with Crippen LogP contribution in [0.4, 0.5) is 8.78 Å². The molecular formula is C10H7BrF2N2O2. The molecule has 0 aliphatic rings. The quantitative estimate of drug-likeness (QED) is 0.635. The lowest BCUT2D eigenvalue weighted by molar-refractivity contribution is -0.139. The van der Waals surface area contributed by atoms with Crippen LogP contribution in [0, 0.1) is 11.3 Å². The van der Waals surface area contributed by atoms with Crippen molar-refractivity contribution in [3.8, 4) is 6.07 Å². The van der Waals surface area contributed by atoms with Crippen molar-refractivity contribution >= 4 is 21.9 Å². The fourth-order valence-electron chi connectivity index (χ4n) is 1.26. The van der Waals surface area contributed by atoms with Crippen LogP contribution in [0.25, 0.3) is 0 Å². The number of esters is 1. The Hall–Kier alpha value is -1.55. The average molecular weight is 305 g/mol. The number of hydrogen-bond acceptors (Lipinski definition) is 4. The van der Waals surface area contributed by atoms with E-state index < -0.39 is 18.0 Å². The standard InChI is InChI=1S/C10H7BrF2N2O2/c1-17-7(16)2-6-5(3-14)4-15-9(11)8(6)10(12)13/h4,10H,2H2,1H3. The fourth-order valence-corrected chi connectivity index (χ4v) is 1.78. The number of ether oxygens (including phenoxy) is 1. The summed E-state index contributed by atoms with van der Waals surface area (Å²) in [6.45, 7) is 0. The molecule has 1 aromatic rings. The van der Waals surface area contributed by atoms with Gasteiger partial charge in [-0.15, -0.1) is 0 Å². The Kier molecular flexibility index (Phi) is 4.52. The molecule has 0 bridgehead atoms. The number of alkyl halides is 2. The van der Waals surface area contributed by atoms with Crippen LogP contribution in [-0.2, 0) is 16.0 Å². The van der Waals surface area contributed by atoms with Crippen molar-refractivity contribution in [2.75, 3.05) is 7.11 Å². The molecule has 0 unspecified atom stereocenters. The van der Waals surface area contributed by atoms with Crippen molar-refractivity contribution in [1.82, 2.24) is 4.98 Å². The van der Waals surface area contributed by atoms with Gasteiger partial charge in [0.2, 0.25) is 0 Å². The van der Waals surface area contributed by atoms with Crippen LogP contribution < -0.4 is 0 Å². The molecule has 4 nitrogen and oxygen atoms in total. The minimum absolute atomic E-state index is 0.0591. The SMILES string of the molecule is COC(=O)Cc1c(C#N)cnc(Br)c1C(F)F. The van der Waals surface area contributed by atoms with E-state index in [0.29, 0.717) is 0 Å². The molecule has 90 valence electrons. The number of aromatic nitrogens is 1. The van der Waals surface area contributed by atoms with E-state index in [-0.39, 0.29) is 22.2 Å². The molecule has 0 amide bonds. The molecule has 0 aliphatic carbocycles. The number of hydrogen-bond donors (Lipinski definition) is 0. The Morgan fingerprint density at radius 1 is 1.71 bits per heavy atom. The number of methoxy groups -OCH3 is 1. The molecule has 1 heterocycles. The monoisotopic (exact) mass is 304 g/mol.